The van der Waals surface area contributed by atoms with Crippen LogP contribution in [-0.2, 0) is 16.0 Å². The second kappa shape index (κ2) is 9.35. The largest absolute Gasteiger partial charge is 0.394 e. The minimum Gasteiger partial charge on any atom is -0.394 e. The van der Waals surface area contributed by atoms with Crippen molar-refractivity contribution >= 4 is 0 Å². The Morgan fingerprint density at radius 3 is 2.26 bits per heavy atom. The van der Waals surface area contributed by atoms with Gasteiger partial charge in [-0.2, -0.15) is 0 Å². The molecule has 5 heteroatoms. The molecule has 0 aromatic heterocycles. The molecule has 2 atom stereocenters. The van der Waals surface area contributed by atoms with Crippen LogP contribution in [0.1, 0.15) is 33.3 Å². The molecule has 0 saturated heterocycles. The molecule has 0 amide bonds. The average molecular weight is 325 g/mol. The average Bonchev–Trinajstić information content (AvgIpc) is 2.52. The molecule has 0 aliphatic carbocycles. The van der Waals surface area contributed by atoms with Crippen molar-refractivity contribution in [2.75, 3.05) is 26.4 Å². The van der Waals surface area contributed by atoms with Crippen LogP contribution in [0.15, 0.2) is 30.3 Å². The van der Waals surface area contributed by atoms with E-state index >= 15 is 0 Å². The molecule has 3 N–H and O–H groups in total. The quantitative estimate of drug-likeness (QED) is 0.453. The maximum atomic E-state index is 9.58. The predicted octanol–water partition coefficient (Wildman–Crippen LogP) is 1.92. The van der Waals surface area contributed by atoms with Gasteiger partial charge in [0.1, 0.15) is 0 Å². The first-order chi connectivity index (χ1) is 10.8. The lowest BCUT2D eigenvalue weighted by molar-refractivity contribution is -0.282. The number of rotatable bonds is 10. The van der Waals surface area contributed by atoms with Crippen molar-refractivity contribution in [3.63, 3.8) is 0 Å². The lowest BCUT2D eigenvalue weighted by Gasteiger charge is -2.37. The van der Waals surface area contributed by atoms with E-state index in [1.54, 1.807) is 6.92 Å². The molecule has 0 heterocycles. The second-order valence-electron chi connectivity index (χ2n) is 6.96. The lowest BCUT2D eigenvalue weighted by atomic mass is 9.89. The monoisotopic (exact) mass is 325 g/mol. The van der Waals surface area contributed by atoms with Gasteiger partial charge < -0.3 is 25.0 Å². The van der Waals surface area contributed by atoms with E-state index in [4.69, 9.17) is 9.47 Å². The number of benzene rings is 1. The van der Waals surface area contributed by atoms with Gasteiger partial charge in [-0.05, 0) is 17.9 Å². The highest BCUT2D eigenvalue weighted by Gasteiger charge is 2.34. The summed E-state index contributed by atoms with van der Waals surface area (Å²) in [4.78, 5) is 0. The number of aliphatic hydroxyl groups is 2. The van der Waals surface area contributed by atoms with Crippen molar-refractivity contribution in [3.8, 4) is 0 Å². The molecule has 0 aliphatic rings. The minimum atomic E-state index is -1.12. The van der Waals surface area contributed by atoms with E-state index in [0.29, 0.717) is 13.2 Å². The molecule has 0 radical (unpaired) electrons. The molecule has 1 aromatic carbocycles. The van der Waals surface area contributed by atoms with Crippen LogP contribution in [0.4, 0.5) is 0 Å². The smallest absolute Gasteiger partial charge is 0.189 e. The predicted molar refractivity (Wildman–Crippen MR) is 91.0 cm³/mol. The molecule has 0 spiro atoms. The zero-order valence-electron chi connectivity index (χ0n) is 14.7. The van der Waals surface area contributed by atoms with Crippen molar-refractivity contribution in [3.05, 3.63) is 35.9 Å². The van der Waals surface area contributed by atoms with E-state index in [1.807, 2.05) is 39.0 Å². The Kier molecular flexibility index (Phi) is 8.16. The molecule has 132 valence electrons. The molecule has 23 heavy (non-hydrogen) atoms. The first kappa shape index (κ1) is 20.1. The van der Waals surface area contributed by atoms with Gasteiger partial charge >= 0.3 is 0 Å². The van der Waals surface area contributed by atoms with Gasteiger partial charge in [0.15, 0.2) is 5.79 Å². The van der Waals surface area contributed by atoms with Crippen molar-refractivity contribution in [1.82, 2.24) is 5.32 Å². The summed E-state index contributed by atoms with van der Waals surface area (Å²) < 4.78 is 11.5. The normalized spacial score (nSPS) is 16.1. The van der Waals surface area contributed by atoms with Crippen LogP contribution < -0.4 is 5.32 Å². The Bertz CT molecular complexity index is 432. The summed E-state index contributed by atoms with van der Waals surface area (Å²) in [5.41, 5.74) is 0.974. The van der Waals surface area contributed by atoms with Gasteiger partial charge in [0.25, 0.3) is 0 Å². The minimum absolute atomic E-state index is 0.116. The SMILES string of the molecule is CC(CO)(OCCNCc1ccccc1)OC(CO)C(C)(C)C. The van der Waals surface area contributed by atoms with Crippen LogP contribution in [0.2, 0.25) is 0 Å². The van der Waals surface area contributed by atoms with Crippen LogP contribution in [0, 0.1) is 5.41 Å². The highest BCUT2D eigenvalue weighted by atomic mass is 16.7. The van der Waals surface area contributed by atoms with Crippen LogP contribution in [0.25, 0.3) is 0 Å². The van der Waals surface area contributed by atoms with Crippen LogP contribution in [0.5, 0.6) is 0 Å². The zero-order chi connectivity index (χ0) is 17.3. The summed E-state index contributed by atoms with van der Waals surface area (Å²) in [5, 5.41) is 22.3. The van der Waals surface area contributed by atoms with E-state index in [9.17, 15) is 10.2 Å². The molecule has 0 aliphatic heterocycles. The van der Waals surface area contributed by atoms with Crippen molar-refractivity contribution in [1.29, 1.82) is 0 Å². The fraction of sp³-hybridized carbons (Fsp3) is 0.667. The number of nitrogens with one attached hydrogen (secondary N) is 1. The molecular formula is C18H31NO4. The lowest BCUT2D eigenvalue weighted by Crippen LogP contribution is -2.46. The molecule has 1 aromatic rings. The zero-order valence-corrected chi connectivity index (χ0v) is 14.7. The van der Waals surface area contributed by atoms with Gasteiger partial charge in [0.05, 0.1) is 25.9 Å². The van der Waals surface area contributed by atoms with Gasteiger partial charge in [-0.15, -0.1) is 0 Å². The molecule has 0 saturated carbocycles. The van der Waals surface area contributed by atoms with Crippen molar-refractivity contribution in [2.24, 2.45) is 5.41 Å². The third-order valence-electron chi connectivity index (χ3n) is 3.67. The van der Waals surface area contributed by atoms with Gasteiger partial charge in [0, 0.05) is 13.1 Å². The molecule has 5 nitrogen and oxygen atoms in total. The van der Waals surface area contributed by atoms with Crippen LogP contribution in [0.3, 0.4) is 0 Å². The third kappa shape index (κ3) is 7.42. The van der Waals surface area contributed by atoms with E-state index in [2.05, 4.69) is 17.4 Å². The van der Waals surface area contributed by atoms with E-state index < -0.39 is 11.9 Å². The number of ether oxygens (including phenoxy) is 2. The highest BCUT2D eigenvalue weighted by molar-refractivity contribution is 5.14. The summed E-state index contributed by atoms with van der Waals surface area (Å²) in [6, 6.07) is 10.1. The highest BCUT2D eigenvalue weighted by Crippen LogP contribution is 2.27. The fourth-order valence-corrected chi connectivity index (χ4v) is 2.07. The van der Waals surface area contributed by atoms with Gasteiger partial charge in [-0.3, -0.25) is 0 Å². The second-order valence-corrected chi connectivity index (χ2v) is 6.96. The van der Waals surface area contributed by atoms with Crippen LogP contribution in [-0.4, -0.2) is 48.5 Å². The van der Waals surface area contributed by atoms with Crippen molar-refractivity contribution < 1.29 is 19.7 Å². The van der Waals surface area contributed by atoms with Crippen molar-refractivity contribution in [2.45, 2.75) is 46.1 Å². The molecule has 1 rings (SSSR count). The summed E-state index contributed by atoms with van der Waals surface area (Å²) >= 11 is 0. The van der Waals surface area contributed by atoms with Gasteiger partial charge in [-0.1, -0.05) is 51.1 Å². The summed E-state index contributed by atoms with van der Waals surface area (Å²) in [6.45, 7) is 9.07. The first-order valence-electron chi connectivity index (χ1n) is 8.09. The van der Waals surface area contributed by atoms with E-state index in [-0.39, 0.29) is 18.6 Å². The molecule has 0 fully saturated rings. The Hall–Kier alpha value is -0.980. The summed E-state index contributed by atoms with van der Waals surface area (Å²) in [6.07, 6.45) is -0.406. The Morgan fingerprint density at radius 1 is 1.09 bits per heavy atom. The first-order valence-corrected chi connectivity index (χ1v) is 8.09. The van der Waals surface area contributed by atoms with E-state index in [1.165, 1.54) is 5.56 Å². The third-order valence-corrected chi connectivity index (χ3v) is 3.67. The molecular weight excluding hydrogens is 294 g/mol. The van der Waals surface area contributed by atoms with Gasteiger partial charge in [-0.25, -0.2) is 0 Å². The Morgan fingerprint density at radius 2 is 1.74 bits per heavy atom. The summed E-state index contributed by atoms with van der Waals surface area (Å²) in [7, 11) is 0. The van der Waals surface area contributed by atoms with E-state index in [0.717, 1.165) is 6.54 Å². The summed E-state index contributed by atoms with van der Waals surface area (Å²) in [5.74, 6) is -1.12. The maximum absolute atomic E-state index is 9.58. The number of hydrogen-bond acceptors (Lipinski definition) is 5. The Labute approximate surface area is 139 Å². The fourth-order valence-electron chi connectivity index (χ4n) is 2.07. The van der Waals surface area contributed by atoms with Gasteiger partial charge in [0.2, 0.25) is 0 Å². The standard InChI is InChI=1S/C18H31NO4/c1-17(2,3)16(13-20)23-18(4,14-21)22-11-10-19-12-15-8-6-5-7-9-15/h5-9,16,19-21H,10-14H2,1-4H3. The topological polar surface area (TPSA) is 71.0 Å². The van der Waals surface area contributed by atoms with Crippen LogP contribution >= 0.6 is 0 Å². The Balaban J connectivity index is 2.37. The maximum Gasteiger partial charge on any atom is 0.189 e. The molecule has 2 unspecified atom stereocenters. The number of aliphatic hydroxyl groups excluding tert-OH is 2. The number of hydrogen-bond donors (Lipinski definition) is 3. The molecule has 0 bridgehead atoms.